The summed E-state index contributed by atoms with van der Waals surface area (Å²) in [6.07, 6.45) is 4.94. The number of benzene rings is 2. The number of nitrogens with zero attached hydrogens (tertiary/aromatic N) is 4. The number of amides is 1. The van der Waals surface area contributed by atoms with Gasteiger partial charge < -0.3 is 20.0 Å². The summed E-state index contributed by atoms with van der Waals surface area (Å²) >= 11 is -2.88. The van der Waals surface area contributed by atoms with Crippen LogP contribution in [0.15, 0.2) is 54.9 Å². The lowest BCUT2D eigenvalue weighted by atomic mass is 9.99. The van der Waals surface area contributed by atoms with Crippen molar-refractivity contribution in [1.82, 2.24) is 25.2 Å². The molecule has 6 rings (SSSR count). The third-order valence-electron chi connectivity index (χ3n) is 8.37. The Labute approximate surface area is 260 Å². The van der Waals surface area contributed by atoms with Gasteiger partial charge in [0.15, 0.2) is 5.82 Å². The molecule has 0 bridgehead atoms. The zero-order valence-electron chi connectivity index (χ0n) is 24.2. The molecule has 2 aromatic heterocycles. The summed E-state index contributed by atoms with van der Waals surface area (Å²) in [5, 5.41) is 13.3. The Morgan fingerprint density at radius 3 is 2.44 bits per heavy atom. The number of hydrazine groups is 1. The lowest BCUT2D eigenvalue weighted by Gasteiger charge is -2.34. The predicted octanol–water partition coefficient (Wildman–Crippen LogP) is 4.58. The number of likely N-dealkylation sites (tertiary alicyclic amines) is 1. The summed E-state index contributed by atoms with van der Waals surface area (Å²) in [5.41, 5.74) is 1.70. The van der Waals surface area contributed by atoms with Gasteiger partial charge in [-0.25, -0.2) is 28.0 Å². The first-order valence-electron chi connectivity index (χ1n) is 14.6. The number of halogens is 2. The summed E-state index contributed by atoms with van der Waals surface area (Å²) in [5.74, 6) is -3.30. The molecular weight excluding hydrogens is 606 g/mol. The van der Waals surface area contributed by atoms with E-state index in [1.165, 1.54) is 11.2 Å². The Morgan fingerprint density at radius 2 is 1.78 bits per heavy atom. The summed E-state index contributed by atoms with van der Waals surface area (Å²) < 4.78 is 55.7. The Bertz CT molecular complexity index is 1750. The van der Waals surface area contributed by atoms with Crippen molar-refractivity contribution in [2.45, 2.75) is 38.3 Å². The summed E-state index contributed by atoms with van der Waals surface area (Å²) in [6.45, 7) is 3.06. The molecule has 236 valence electrons. The molecular formula is C31H31F2N6O5S-. The van der Waals surface area contributed by atoms with Crippen LogP contribution >= 0.6 is 0 Å². The highest BCUT2D eigenvalue weighted by molar-refractivity contribution is 7.80. The highest BCUT2D eigenvalue weighted by Gasteiger charge is 2.30. The first kappa shape index (κ1) is 30.8. The number of hydrogen-bond donors (Lipinski definition) is 3. The van der Waals surface area contributed by atoms with Gasteiger partial charge in [0.05, 0.1) is 16.8 Å². The minimum atomic E-state index is -2.88. The van der Waals surface area contributed by atoms with Crippen LogP contribution in [0.25, 0.3) is 22.2 Å². The quantitative estimate of drug-likeness (QED) is 0.179. The van der Waals surface area contributed by atoms with Gasteiger partial charge in [0.1, 0.15) is 17.2 Å². The number of nitrogens with one attached hydrogen (secondary N) is 2. The van der Waals surface area contributed by atoms with Gasteiger partial charge in [-0.05, 0) is 55.0 Å². The van der Waals surface area contributed by atoms with E-state index in [1.807, 2.05) is 24.3 Å². The SMILES string of the molecule is O=C(O)NC1CCN(Cc2ccc(-c3cnc4[nH]cc(C(=O)c5c(F)ccc(N(N6CCCC6)S(=O)[O-])c5F)c4c3)cc2)CC1. The lowest BCUT2D eigenvalue weighted by molar-refractivity contribution is 0.103. The second-order valence-corrected chi connectivity index (χ2v) is 12.0. The average molecular weight is 638 g/mol. The molecule has 2 saturated heterocycles. The van der Waals surface area contributed by atoms with Gasteiger partial charge in [-0.1, -0.05) is 24.3 Å². The summed E-state index contributed by atoms with van der Waals surface area (Å²) in [7, 11) is 0. The van der Waals surface area contributed by atoms with E-state index in [4.69, 9.17) is 5.11 Å². The standard InChI is InChI=1S/C31H32F2N6O5S/c32-25-7-8-26(39(45(43)44)38-11-1-2-12-38)28(33)27(25)29(40)24-17-35-30-23(24)15-21(16-34-30)20-5-3-19(4-6-20)18-37-13-9-22(10-14-37)36-31(41)42/h3-8,15-17,22,36H,1-2,9-14,18H2,(H,34,35)(H,41,42)(H,43,44)/p-1. The van der Waals surface area contributed by atoms with E-state index in [2.05, 4.69) is 20.2 Å². The number of piperidine rings is 1. The van der Waals surface area contributed by atoms with Crippen molar-refractivity contribution in [3.05, 3.63) is 83.2 Å². The van der Waals surface area contributed by atoms with E-state index in [0.29, 0.717) is 29.7 Å². The molecule has 45 heavy (non-hydrogen) atoms. The number of rotatable bonds is 9. The number of aromatic nitrogens is 2. The van der Waals surface area contributed by atoms with Crippen LogP contribution in [0.2, 0.25) is 0 Å². The molecule has 4 aromatic rings. The smallest absolute Gasteiger partial charge is 0.404 e. The van der Waals surface area contributed by atoms with Crippen molar-refractivity contribution in [1.29, 1.82) is 0 Å². The Balaban J connectivity index is 1.23. The van der Waals surface area contributed by atoms with Crippen LogP contribution in [0.5, 0.6) is 0 Å². The molecule has 0 spiro atoms. The summed E-state index contributed by atoms with van der Waals surface area (Å²) in [4.78, 5) is 34.1. The number of carbonyl (C=O) groups is 2. The van der Waals surface area contributed by atoms with Crippen LogP contribution in [0.4, 0.5) is 19.3 Å². The van der Waals surface area contributed by atoms with Gasteiger partial charge in [-0.3, -0.25) is 13.9 Å². The number of ketones is 1. The van der Waals surface area contributed by atoms with E-state index in [-0.39, 0.29) is 11.6 Å². The molecule has 1 unspecified atom stereocenters. The molecule has 14 heteroatoms. The molecule has 11 nitrogen and oxygen atoms in total. The normalized spacial score (nSPS) is 17.0. The number of H-pyrrole nitrogens is 1. The van der Waals surface area contributed by atoms with E-state index in [1.54, 1.807) is 12.3 Å². The van der Waals surface area contributed by atoms with Gasteiger partial charge in [0.2, 0.25) is 5.78 Å². The monoisotopic (exact) mass is 637 g/mol. The van der Waals surface area contributed by atoms with Crippen LogP contribution in [-0.2, 0) is 17.8 Å². The fourth-order valence-electron chi connectivity index (χ4n) is 6.06. The first-order chi connectivity index (χ1) is 21.7. The molecule has 2 aliphatic heterocycles. The number of hydrogen-bond acceptors (Lipinski definition) is 7. The van der Waals surface area contributed by atoms with Crippen molar-refractivity contribution in [3.63, 3.8) is 0 Å². The van der Waals surface area contributed by atoms with Gasteiger partial charge >= 0.3 is 6.09 Å². The van der Waals surface area contributed by atoms with Crippen LogP contribution in [0.3, 0.4) is 0 Å². The third-order valence-corrected chi connectivity index (χ3v) is 9.08. The fraction of sp³-hybridized carbons (Fsp3) is 0.323. The fourth-order valence-corrected chi connectivity index (χ4v) is 6.71. The number of fused-ring (bicyclic) bond motifs is 1. The van der Waals surface area contributed by atoms with Crippen molar-refractivity contribution < 1.29 is 32.2 Å². The van der Waals surface area contributed by atoms with Crippen molar-refractivity contribution in [2.75, 3.05) is 30.6 Å². The topological polar surface area (TPSA) is 145 Å². The molecule has 2 aromatic carbocycles. The van der Waals surface area contributed by atoms with Gasteiger partial charge in [0.25, 0.3) is 0 Å². The highest BCUT2D eigenvalue weighted by atomic mass is 32.2. The van der Waals surface area contributed by atoms with Gasteiger partial charge in [-0.15, -0.1) is 0 Å². The Morgan fingerprint density at radius 1 is 1.07 bits per heavy atom. The minimum Gasteiger partial charge on any atom is -0.754 e. The lowest BCUT2D eigenvalue weighted by Crippen LogP contribution is -2.43. The van der Waals surface area contributed by atoms with E-state index in [9.17, 15) is 18.4 Å². The summed E-state index contributed by atoms with van der Waals surface area (Å²) in [6, 6.07) is 11.5. The second-order valence-electron chi connectivity index (χ2n) is 11.3. The van der Waals surface area contributed by atoms with Crippen LogP contribution in [0, 0.1) is 11.6 Å². The number of carbonyl (C=O) groups excluding carboxylic acids is 1. The average Bonchev–Trinajstić information content (AvgIpc) is 3.70. The van der Waals surface area contributed by atoms with Crippen molar-refractivity contribution in [3.8, 4) is 11.1 Å². The molecule has 1 amide bonds. The van der Waals surface area contributed by atoms with Crippen LogP contribution < -0.4 is 9.73 Å². The molecule has 2 fully saturated rings. The largest absolute Gasteiger partial charge is 0.754 e. The molecule has 4 heterocycles. The molecule has 3 N–H and O–H groups in total. The first-order valence-corrected chi connectivity index (χ1v) is 15.7. The molecule has 0 radical (unpaired) electrons. The van der Waals surface area contributed by atoms with Crippen molar-refractivity contribution in [2.24, 2.45) is 0 Å². The second kappa shape index (κ2) is 13.0. The van der Waals surface area contributed by atoms with Crippen molar-refractivity contribution >= 4 is 39.9 Å². The maximum atomic E-state index is 15.8. The van der Waals surface area contributed by atoms with E-state index < -0.39 is 46.0 Å². The molecule has 1 atom stereocenters. The molecule has 0 aliphatic carbocycles. The maximum Gasteiger partial charge on any atom is 0.404 e. The van der Waals surface area contributed by atoms with Gasteiger partial charge in [-0.2, -0.15) is 0 Å². The Hall–Kier alpha value is -4.24. The zero-order chi connectivity index (χ0) is 31.7. The number of pyridine rings is 1. The highest BCUT2D eigenvalue weighted by Crippen LogP contribution is 2.32. The van der Waals surface area contributed by atoms with E-state index >= 15 is 8.78 Å². The van der Waals surface area contributed by atoms with Gasteiger partial charge in [0, 0.05) is 67.7 Å². The number of carboxylic acid groups (broad SMARTS) is 1. The minimum absolute atomic E-state index is 0.00248. The molecule has 2 aliphatic rings. The molecule has 0 saturated carbocycles. The predicted molar refractivity (Wildman–Crippen MR) is 163 cm³/mol. The number of aromatic amines is 1. The van der Waals surface area contributed by atoms with Crippen LogP contribution in [0.1, 0.15) is 47.2 Å². The third kappa shape index (κ3) is 6.45. The van der Waals surface area contributed by atoms with Crippen LogP contribution in [-0.4, -0.2) is 77.8 Å². The maximum absolute atomic E-state index is 15.8. The number of anilines is 1. The Kier molecular flexibility index (Phi) is 8.90. The van der Waals surface area contributed by atoms with E-state index in [0.717, 1.165) is 73.0 Å². The zero-order valence-corrected chi connectivity index (χ0v) is 25.0.